The zero-order valence-corrected chi connectivity index (χ0v) is 14.0. The highest BCUT2D eigenvalue weighted by Crippen LogP contribution is 2.08. The third-order valence-corrected chi connectivity index (χ3v) is 3.27. The van der Waals surface area contributed by atoms with Gasteiger partial charge in [0.2, 0.25) is 5.91 Å². The molecule has 2 N–H and O–H groups in total. The number of nitrogens with one attached hydrogen (secondary N) is 1. The Labute approximate surface area is 132 Å². The van der Waals surface area contributed by atoms with E-state index in [4.69, 9.17) is 0 Å². The quantitative estimate of drug-likeness (QED) is 0.841. The summed E-state index contributed by atoms with van der Waals surface area (Å²) < 4.78 is 0. The molecular weight excluding hydrogens is 280 g/mol. The van der Waals surface area contributed by atoms with Gasteiger partial charge in [0.1, 0.15) is 6.04 Å². The Morgan fingerprint density at radius 2 is 2.00 bits per heavy atom. The molecule has 0 spiro atoms. The topological polar surface area (TPSA) is 69.6 Å². The summed E-state index contributed by atoms with van der Waals surface area (Å²) >= 11 is 0. The largest absolute Gasteiger partial charge is 0.389 e. The van der Waals surface area contributed by atoms with E-state index in [0.29, 0.717) is 12.1 Å². The SMILES string of the molecule is CCN(CC(C)(C)O)C(=O)C(C)NC(=O)c1cccc(C)c1. The number of nitrogens with zero attached hydrogens (tertiary/aromatic N) is 1. The van der Waals surface area contributed by atoms with E-state index in [9.17, 15) is 14.7 Å². The first-order valence-corrected chi connectivity index (χ1v) is 7.52. The molecule has 0 fully saturated rings. The lowest BCUT2D eigenvalue weighted by atomic mass is 10.1. The minimum absolute atomic E-state index is 0.203. The van der Waals surface area contributed by atoms with Crippen LogP contribution in [0.5, 0.6) is 0 Å². The highest BCUT2D eigenvalue weighted by atomic mass is 16.3. The second kappa shape index (κ2) is 7.40. The molecule has 0 saturated heterocycles. The Kier molecular flexibility index (Phi) is 6.11. The number of carbonyl (C=O) groups excluding carboxylic acids is 2. The molecule has 22 heavy (non-hydrogen) atoms. The summed E-state index contributed by atoms with van der Waals surface area (Å²) in [5.41, 5.74) is 0.556. The third-order valence-electron chi connectivity index (χ3n) is 3.27. The average molecular weight is 306 g/mol. The van der Waals surface area contributed by atoms with Crippen LogP contribution in [0.15, 0.2) is 24.3 Å². The minimum atomic E-state index is -0.966. The van der Waals surface area contributed by atoms with E-state index in [1.54, 1.807) is 37.8 Å². The zero-order valence-electron chi connectivity index (χ0n) is 14.0. The van der Waals surface area contributed by atoms with Crippen molar-refractivity contribution in [2.45, 2.75) is 46.3 Å². The van der Waals surface area contributed by atoms with Crippen molar-refractivity contribution >= 4 is 11.8 Å². The van der Waals surface area contributed by atoms with Crippen molar-refractivity contribution in [1.29, 1.82) is 0 Å². The number of hydrogen-bond acceptors (Lipinski definition) is 3. The molecule has 0 heterocycles. The second-order valence-corrected chi connectivity index (χ2v) is 6.23. The summed E-state index contributed by atoms with van der Waals surface area (Å²) in [6, 6.07) is 6.57. The number of amides is 2. The standard InChI is InChI=1S/C17H26N2O3/c1-6-19(11-17(4,5)22)16(21)13(3)18-15(20)14-9-7-8-12(2)10-14/h7-10,13,22H,6,11H2,1-5H3,(H,18,20). The van der Waals surface area contributed by atoms with Crippen LogP contribution in [0.1, 0.15) is 43.6 Å². The lowest BCUT2D eigenvalue weighted by Crippen LogP contribution is -2.50. The van der Waals surface area contributed by atoms with Gasteiger partial charge in [0.15, 0.2) is 0 Å². The molecule has 1 unspecified atom stereocenters. The van der Waals surface area contributed by atoms with Crippen LogP contribution in [-0.4, -0.2) is 46.6 Å². The van der Waals surface area contributed by atoms with Crippen molar-refractivity contribution < 1.29 is 14.7 Å². The van der Waals surface area contributed by atoms with Gasteiger partial charge in [-0.2, -0.15) is 0 Å². The van der Waals surface area contributed by atoms with Crippen molar-refractivity contribution in [2.75, 3.05) is 13.1 Å². The molecule has 0 aliphatic carbocycles. The van der Waals surface area contributed by atoms with Crippen LogP contribution in [-0.2, 0) is 4.79 Å². The summed E-state index contributed by atoms with van der Waals surface area (Å²) in [5, 5.41) is 12.6. The minimum Gasteiger partial charge on any atom is -0.389 e. The zero-order chi connectivity index (χ0) is 16.9. The number of aliphatic hydroxyl groups is 1. The van der Waals surface area contributed by atoms with Crippen LogP contribution in [0, 0.1) is 6.92 Å². The summed E-state index contributed by atoms with van der Waals surface area (Å²) in [7, 11) is 0. The van der Waals surface area contributed by atoms with Crippen molar-refractivity contribution in [3.63, 3.8) is 0 Å². The molecule has 1 rings (SSSR count). The molecule has 1 aromatic carbocycles. The number of carbonyl (C=O) groups is 2. The van der Waals surface area contributed by atoms with E-state index in [1.165, 1.54) is 0 Å². The Bertz CT molecular complexity index is 535. The number of hydrogen-bond donors (Lipinski definition) is 2. The van der Waals surface area contributed by atoms with Crippen molar-refractivity contribution in [1.82, 2.24) is 10.2 Å². The number of aryl methyl sites for hydroxylation is 1. The van der Waals surface area contributed by atoms with E-state index in [0.717, 1.165) is 5.56 Å². The number of benzene rings is 1. The van der Waals surface area contributed by atoms with Gasteiger partial charge in [-0.25, -0.2) is 0 Å². The number of likely N-dealkylation sites (N-methyl/N-ethyl adjacent to an activating group) is 1. The fourth-order valence-corrected chi connectivity index (χ4v) is 2.21. The molecule has 2 amide bonds. The Morgan fingerprint density at radius 1 is 1.36 bits per heavy atom. The lowest BCUT2D eigenvalue weighted by molar-refractivity contribution is -0.135. The van der Waals surface area contributed by atoms with E-state index in [2.05, 4.69) is 5.32 Å². The van der Waals surface area contributed by atoms with E-state index < -0.39 is 11.6 Å². The molecule has 0 radical (unpaired) electrons. The molecule has 0 aromatic heterocycles. The first-order chi connectivity index (χ1) is 10.1. The molecule has 0 bridgehead atoms. The van der Waals surface area contributed by atoms with Gasteiger partial charge in [-0.1, -0.05) is 17.7 Å². The molecule has 122 valence electrons. The molecule has 5 nitrogen and oxygen atoms in total. The Hall–Kier alpha value is -1.88. The van der Waals surface area contributed by atoms with E-state index in [-0.39, 0.29) is 18.4 Å². The maximum absolute atomic E-state index is 12.4. The Morgan fingerprint density at radius 3 is 2.50 bits per heavy atom. The van der Waals surface area contributed by atoms with Gasteiger partial charge in [0.05, 0.1) is 5.60 Å². The molecular formula is C17H26N2O3. The van der Waals surface area contributed by atoms with E-state index >= 15 is 0 Å². The monoisotopic (exact) mass is 306 g/mol. The molecule has 0 saturated carbocycles. The summed E-state index contributed by atoms with van der Waals surface area (Å²) in [4.78, 5) is 26.1. The van der Waals surface area contributed by atoms with Gasteiger partial charge in [-0.05, 0) is 46.8 Å². The van der Waals surface area contributed by atoms with Crippen molar-refractivity contribution in [3.8, 4) is 0 Å². The normalized spacial score (nSPS) is 12.6. The van der Waals surface area contributed by atoms with Gasteiger partial charge in [-0.3, -0.25) is 9.59 Å². The summed E-state index contributed by atoms with van der Waals surface area (Å²) in [6.07, 6.45) is 0. The fourth-order valence-electron chi connectivity index (χ4n) is 2.21. The highest BCUT2D eigenvalue weighted by Gasteiger charge is 2.26. The first kappa shape index (κ1) is 18.2. The maximum Gasteiger partial charge on any atom is 0.251 e. The predicted octanol–water partition coefficient (Wildman–Crippen LogP) is 1.73. The van der Waals surface area contributed by atoms with Crippen molar-refractivity contribution in [2.24, 2.45) is 0 Å². The molecule has 1 atom stereocenters. The predicted molar refractivity (Wildman–Crippen MR) is 86.7 cm³/mol. The van der Waals surface area contributed by atoms with Crippen molar-refractivity contribution in [3.05, 3.63) is 35.4 Å². The smallest absolute Gasteiger partial charge is 0.251 e. The third kappa shape index (κ3) is 5.48. The van der Waals surface area contributed by atoms with Crippen LogP contribution in [0.3, 0.4) is 0 Å². The summed E-state index contributed by atoms with van der Waals surface area (Å²) in [6.45, 7) is 9.42. The van der Waals surface area contributed by atoms with Gasteiger partial charge < -0.3 is 15.3 Å². The van der Waals surface area contributed by atoms with Gasteiger partial charge >= 0.3 is 0 Å². The van der Waals surface area contributed by atoms with Gasteiger partial charge in [-0.15, -0.1) is 0 Å². The van der Waals surface area contributed by atoms with E-state index in [1.807, 2.05) is 26.0 Å². The van der Waals surface area contributed by atoms with Gasteiger partial charge in [0, 0.05) is 18.7 Å². The first-order valence-electron chi connectivity index (χ1n) is 7.52. The molecule has 5 heteroatoms. The molecule has 0 aliphatic rings. The van der Waals surface area contributed by atoms with Gasteiger partial charge in [0.25, 0.3) is 5.91 Å². The molecule has 1 aromatic rings. The van der Waals surface area contributed by atoms with Crippen LogP contribution in [0.25, 0.3) is 0 Å². The number of rotatable bonds is 6. The lowest BCUT2D eigenvalue weighted by Gasteiger charge is -2.30. The maximum atomic E-state index is 12.4. The Balaban J connectivity index is 2.72. The fraction of sp³-hybridized carbons (Fsp3) is 0.529. The molecule has 0 aliphatic heterocycles. The van der Waals surface area contributed by atoms with Crippen LogP contribution in [0.4, 0.5) is 0 Å². The second-order valence-electron chi connectivity index (χ2n) is 6.23. The van der Waals surface area contributed by atoms with Crippen LogP contribution >= 0.6 is 0 Å². The summed E-state index contributed by atoms with van der Waals surface area (Å²) in [5.74, 6) is -0.477. The average Bonchev–Trinajstić information content (AvgIpc) is 2.42. The van der Waals surface area contributed by atoms with Crippen LogP contribution in [0.2, 0.25) is 0 Å². The highest BCUT2D eigenvalue weighted by molar-refractivity contribution is 5.97. The van der Waals surface area contributed by atoms with Crippen LogP contribution < -0.4 is 5.32 Å².